The van der Waals surface area contributed by atoms with Gasteiger partial charge in [-0.2, -0.15) is 0 Å². The SMILES string of the molecule is COc1ccc(CO/N=[C]\c2cccc(F)c2)cc1. The van der Waals surface area contributed by atoms with E-state index in [1.165, 1.54) is 12.1 Å². The largest absolute Gasteiger partial charge is 0.497 e. The lowest BCUT2D eigenvalue weighted by atomic mass is 10.2. The van der Waals surface area contributed by atoms with Crippen molar-refractivity contribution in [2.75, 3.05) is 7.11 Å². The van der Waals surface area contributed by atoms with Crippen molar-refractivity contribution in [3.8, 4) is 5.75 Å². The lowest BCUT2D eigenvalue weighted by molar-refractivity contribution is 0.132. The van der Waals surface area contributed by atoms with Gasteiger partial charge in [-0.25, -0.2) is 4.39 Å². The maximum Gasteiger partial charge on any atom is 0.142 e. The van der Waals surface area contributed by atoms with Crippen molar-refractivity contribution < 1.29 is 14.0 Å². The minimum absolute atomic E-state index is 0.324. The van der Waals surface area contributed by atoms with E-state index in [0.29, 0.717) is 12.2 Å². The Balaban J connectivity index is 1.85. The van der Waals surface area contributed by atoms with Crippen molar-refractivity contribution >= 4 is 6.21 Å². The minimum Gasteiger partial charge on any atom is -0.497 e. The van der Waals surface area contributed by atoms with Crippen LogP contribution in [0.5, 0.6) is 5.75 Å². The van der Waals surface area contributed by atoms with Crippen molar-refractivity contribution in [1.82, 2.24) is 0 Å². The predicted octanol–water partition coefficient (Wildman–Crippen LogP) is 3.26. The Labute approximate surface area is 111 Å². The van der Waals surface area contributed by atoms with Crippen LogP contribution in [0.4, 0.5) is 4.39 Å². The van der Waals surface area contributed by atoms with Gasteiger partial charge in [0.1, 0.15) is 24.4 Å². The lowest BCUT2D eigenvalue weighted by Crippen LogP contribution is -1.89. The first-order valence-corrected chi connectivity index (χ1v) is 5.74. The highest BCUT2D eigenvalue weighted by Crippen LogP contribution is 2.12. The fraction of sp³-hybridized carbons (Fsp3) is 0.133. The van der Waals surface area contributed by atoms with Crippen LogP contribution in [0.15, 0.2) is 53.7 Å². The number of nitrogens with zero attached hydrogens (tertiary/aromatic N) is 1. The number of rotatable bonds is 5. The van der Waals surface area contributed by atoms with Gasteiger partial charge in [0.15, 0.2) is 0 Å². The molecule has 4 heteroatoms. The maximum atomic E-state index is 12.9. The smallest absolute Gasteiger partial charge is 0.142 e. The summed E-state index contributed by atoms with van der Waals surface area (Å²) in [6, 6.07) is 13.5. The predicted molar refractivity (Wildman–Crippen MR) is 70.7 cm³/mol. The Kier molecular flexibility index (Phi) is 4.50. The molecule has 0 fully saturated rings. The number of halogens is 1. The summed E-state index contributed by atoms with van der Waals surface area (Å²) in [6.07, 6.45) is 2.62. The molecule has 0 aliphatic rings. The first-order chi connectivity index (χ1) is 9.28. The van der Waals surface area contributed by atoms with Crippen LogP contribution in [0, 0.1) is 5.82 Å². The van der Waals surface area contributed by atoms with Crippen molar-refractivity contribution in [3.05, 3.63) is 65.5 Å². The first-order valence-electron chi connectivity index (χ1n) is 5.74. The highest BCUT2D eigenvalue weighted by atomic mass is 19.1. The summed E-state index contributed by atoms with van der Waals surface area (Å²) in [5.41, 5.74) is 1.50. The molecule has 0 saturated heterocycles. The van der Waals surface area contributed by atoms with Gasteiger partial charge in [0.25, 0.3) is 0 Å². The van der Waals surface area contributed by atoms with Gasteiger partial charge < -0.3 is 9.57 Å². The monoisotopic (exact) mass is 258 g/mol. The van der Waals surface area contributed by atoms with Crippen LogP contribution in [0.1, 0.15) is 11.1 Å². The fourth-order valence-corrected chi connectivity index (χ4v) is 1.47. The molecule has 0 unspecified atom stereocenters. The zero-order valence-electron chi connectivity index (χ0n) is 10.5. The van der Waals surface area contributed by atoms with E-state index >= 15 is 0 Å². The highest BCUT2D eigenvalue weighted by Gasteiger charge is 1.95. The van der Waals surface area contributed by atoms with E-state index < -0.39 is 0 Å². The molecule has 1 radical (unpaired) electrons. The summed E-state index contributed by atoms with van der Waals surface area (Å²) in [6.45, 7) is 0.326. The summed E-state index contributed by atoms with van der Waals surface area (Å²) in [4.78, 5) is 5.09. The van der Waals surface area contributed by atoms with Gasteiger partial charge in [-0.3, -0.25) is 0 Å². The second-order valence-corrected chi connectivity index (χ2v) is 3.83. The molecule has 97 valence electrons. The zero-order chi connectivity index (χ0) is 13.5. The van der Waals surface area contributed by atoms with Gasteiger partial charge in [-0.15, -0.1) is 0 Å². The fourth-order valence-electron chi connectivity index (χ4n) is 1.47. The standard InChI is InChI=1S/C15H13FNO2/c1-18-15-7-5-12(6-8-15)11-19-17-10-13-3-2-4-14(16)9-13/h2-9H,11H2,1H3. The topological polar surface area (TPSA) is 30.8 Å². The summed E-state index contributed by atoms with van der Waals surface area (Å²) in [5, 5.41) is 3.67. The molecule has 19 heavy (non-hydrogen) atoms. The van der Waals surface area contributed by atoms with E-state index in [2.05, 4.69) is 11.4 Å². The van der Waals surface area contributed by atoms with Gasteiger partial charge in [0.2, 0.25) is 0 Å². The second kappa shape index (κ2) is 6.54. The minimum atomic E-state index is -0.324. The van der Waals surface area contributed by atoms with E-state index in [1.54, 1.807) is 19.2 Å². The molecule has 2 aromatic rings. The normalized spacial score (nSPS) is 10.6. The number of hydrogen-bond acceptors (Lipinski definition) is 3. The molecule has 0 aromatic heterocycles. The molecule has 0 aliphatic carbocycles. The third-order valence-electron chi connectivity index (χ3n) is 2.45. The number of ether oxygens (including phenoxy) is 1. The molecule has 0 heterocycles. The van der Waals surface area contributed by atoms with Gasteiger partial charge in [-0.1, -0.05) is 29.4 Å². The lowest BCUT2D eigenvalue weighted by Gasteiger charge is -2.02. The molecule has 0 spiro atoms. The molecule has 0 N–H and O–H groups in total. The van der Waals surface area contributed by atoms with Gasteiger partial charge in [-0.05, 0) is 29.8 Å². The average Bonchev–Trinajstić information content (AvgIpc) is 2.44. The van der Waals surface area contributed by atoms with Crippen LogP contribution in [0.3, 0.4) is 0 Å². The van der Waals surface area contributed by atoms with Crippen molar-refractivity contribution in [2.45, 2.75) is 6.61 Å². The van der Waals surface area contributed by atoms with Gasteiger partial charge >= 0.3 is 0 Å². The summed E-state index contributed by atoms with van der Waals surface area (Å²) in [5.74, 6) is 0.467. The van der Waals surface area contributed by atoms with Crippen LogP contribution in [-0.2, 0) is 11.4 Å². The molecule has 0 amide bonds. The number of hydrogen-bond donors (Lipinski definition) is 0. The molecular formula is C15H13FNO2. The Hall–Kier alpha value is -2.36. The van der Waals surface area contributed by atoms with E-state index in [4.69, 9.17) is 9.57 Å². The van der Waals surface area contributed by atoms with Gasteiger partial charge in [0, 0.05) is 5.56 Å². The molecule has 0 aliphatic heterocycles. The van der Waals surface area contributed by atoms with Crippen molar-refractivity contribution in [2.24, 2.45) is 5.16 Å². The quantitative estimate of drug-likeness (QED) is 0.608. The Morgan fingerprint density at radius 2 is 1.95 bits per heavy atom. The summed E-state index contributed by atoms with van der Waals surface area (Å²) < 4.78 is 17.9. The Bertz CT molecular complexity index is 552. The van der Waals surface area contributed by atoms with Crippen LogP contribution < -0.4 is 4.74 Å². The molecule has 2 aromatic carbocycles. The van der Waals surface area contributed by atoms with E-state index in [0.717, 1.165) is 11.3 Å². The third kappa shape index (κ3) is 4.10. The highest BCUT2D eigenvalue weighted by molar-refractivity contribution is 5.78. The van der Waals surface area contributed by atoms with E-state index in [-0.39, 0.29) is 5.82 Å². The van der Waals surface area contributed by atoms with Crippen LogP contribution in [0.25, 0.3) is 0 Å². The Morgan fingerprint density at radius 1 is 1.16 bits per heavy atom. The summed E-state index contributed by atoms with van der Waals surface area (Å²) in [7, 11) is 1.61. The first kappa shape index (κ1) is 13.1. The maximum absolute atomic E-state index is 12.9. The van der Waals surface area contributed by atoms with Gasteiger partial charge in [0.05, 0.1) is 7.11 Å². The van der Waals surface area contributed by atoms with Crippen LogP contribution in [0.2, 0.25) is 0 Å². The summed E-state index contributed by atoms with van der Waals surface area (Å²) >= 11 is 0. The molecule has 2 rings (SSSR count). The molecule has 0 atom stereocenters. The average molecular weight is 258 g/mol. The molecule has 3 nitrogen and oxygen atoms in total. The van der Waals surface area contributed by atoms with Crippen molar-refractivity contribution in [3.63, 3.8) is 0 Å². The third-order valence-corrected chi connectivity index (χ3v) is 2.45. The molecule has 0 bridgehead atoms. The van der Waals surface area contributed by atoms with E-state index in [1.807, 2.05) is 24.3 Å². The number of benzene rings is 2. The second-order valence-electron chi connectivity index (χ2n) is 3.83. The molecule has 0 saturated carbocycles. The zero-order valence-corrected chi connectivity index (χ0v) is 10.5. The van der Waals surface area contributed by atoms with E-state index in [9.17, 15) is 4.39 Å². The number of methoxy groups -OCH3 is 1. The van der Waals surface area contributed by atoms with Crippen LogP contribution in [-0.4, -0.2) is 13.3 Å². The van der Waals surface area contributed by atoms with Crippen molar-refractivity contribution in [1.29, 1.82) is 0 Å². The molecular weight excluding hydrogens is 245 g/mol. The van der Waals surface area contributed by atoms with Crippen LogP contribution >= 0.6 is 0 Å². The Morgan fingerprint density at radius 3 is 2.63 bits per heavy atom.